The van der Waals surface area contributed by atoms with Gasteiger partial charge >= 0.3 is 0 Å². The fraction of sp³-hybridized carbons (Fsp3) is 0.310. The van der Waals surface area contributed by atoms with Gasteiger partial charge in [0.25, 0.3) is 0 Å². The minimum atomic E-state index is 0.943. The molecule has 3 aromatic carbocycles. The van der Waals surface area contributed by atoms with Gasteiger partial charge in [0.1, 0.15) is 0 Å². The maximum Gasteiger partial charge on any atom is -0.00729 e. The standard InChI is InChI=1S/C26H26.C3H8/c1-3-20(4-2)24-17-22-11-8-12-25(21-9-6-5-7-10-21)26(22)23(18-24)16-15-19-13-14-19;1-3-2/h3-12,17-19H,1,13-16H2,2H3;3H2,1-2H3/b20-4+;. The van der Waals surface area contributed by atoms with E-state index >= 15 is 0 Å². The maximum absolute atomic E-state index is 4.00. The summed E-state index contributed by atoms with van der Waals surface area (Å²) in [4.78, 5) is 0. The third kappa shape index (κ3) is 5.26. The predicted molar refractivity (Wildman–Crippen MR) is 130 cm³/mol. The number of benzene rings is 3. The average molecular weight is 383 g/mol. The van der Waals surface area contributed by atoms with Crippen molar-refractivity contribution >= 4 is 16.3 Å². The lowest BCUT2D eigenvalue weighted by Gasteiger charge is -2.15. The molecule has 4 rings (SSSR count). The van der Waals surface area contributed by atoms with Gasteiger partial charge in [-0.05, 0) is 70.3 Å². The molecule has 0 amide bonds. The second-order valence-corrected chi connectivity index (χ2v) is 8.04. The Morgan fingerprint density at radius 3 is 2.34 bits per heavy atom. The van der Waals surface area contributed by atoms with Crippen LogP contribution in [0.1, 0.15) is 57.6 Å². The number of rotatable bonds is 6. The number of hydrogen-bond donors (Lipinski definition) is 0. The van der Waals surface area contributed by atoms with E-state index in [0.717, 1.165) is 12.3 Å². The minimum Gasteiger partial charge on any atom is -0.0985 e. The summed E-state index contributed by atoms with van der Waals surface area (Å²) in [5.41, 5.74) is 6.62. The lowest BCUT2D eigenvalue weighted by atomic mass is 9.89. The molecule has 0 heterocycles. The molecule has 0 atom stereocenters. The van der Waals surface area contributed by atoms with Crippen molar-refractivity contribution in [2.24, 2.45) is 5.92 Å². The highest BCUT2D eigenvalue weighted by atomic mass is 14.3. The number of fused-ring (bicyclic) bond motifs is 1. The molecule has 0 aromatic heterocycles. The Morgan fingerprint density at radius 1 is 1.00 bits per heavy atom. The zero-order valence-corrected chi connectivity index (χ0v) is 18.2. The van der Waals surface area contributed by atoms with Gasteiger partial charge in [-0.2, -0.15) is 0 Å². The van der Waals surface area contributed by atoms with Crippen LogP contribution in [-0.2, 0) is 6.42 Å². The molecule has 0 unspecified atom stereocenters. The summed E-state index contributed by atoms with van der Waals surface area (Å²) >= 11 is 0. The zero-order chi connectivity index (χ0) is 20.6. The summed E-state index contributed by atoms with van der Waals surface area (Å²) < 4.78 is 0. The van der Waals surface area contributed by atoms with Gasteiger partial charge in [-0.25, -0.2) is 0 Å². The van der Waals surface area contributed by atoms with Gasteiger partial charge in [-0.15, -0.1) is 0 Å². The summed E-state index contributed by atoms with van der Waals surface area (Å²) in [6.07, 6.45) is 10.7. The van der Waals surface area contributed by atoms with Crippen molar-refractivity contribution in [2.75, 3.05) is 0 Å². The molecule has 0 spiro atoms. The van der Waals surface area contributed by atoms with Crippen LogP contribution in [0.15, 0.2) is 79.4 Å². The fourth-order valence-corrected chi connectivity index (χ4v) is 3.91. The molecule has 29 heavy (non-hydrogen) atoms. The van der Waals surface area contributed by atoms with Crippen LogP contribution in [0.25, 0.3) is 27.5 Å². The Kier molecular flexibility index (Phi) is 7.47. The molecule has 0 N–H and O–H groups in total. The smallest absolute Gasteiger partial charge is 0.00729 e. The number of hydrogen-bond acceptors (Lipinski definition) is 0. The number of aryl methyl sites for hydroxylation is 1. The summed E-state index contributed by atoms with van der Waals surface area (Å²) in [6, 6.07) is 22.2. The first kappa shape index (κ1) is 21.1. The Bertz CT molecular complexity index is 972. The first-order valence-corrected chi connectivity index (χ1v) is 11.1. The van der Waals surface area contributed by atoms with Crippen molar-refractivity contribution in [3.8, 4) is 11.1 Å². The summed E-state index contributed by atoms with van der Waals surface area (Å²) in [6.45, 7) is 10.3. The second-order valence-electron chi connectivity index (χ2n) is 8.04. The quantitative estimate of drug-likeness (QED) is 0.373. The predicted octanol–water partition coefficient (Wildman–Crippen LogP) is 8.86. The molecule has 1 fully saturated rings. The largest absolute Gasteiger partial charge is 0.0985 e. The van der Waals surface area contributed by atoms with E-state index < -0.39 is 0 Å². The highest BCUT2D eigenvalue weighted by molar-refractivity contribution is 6.01. The van der Waals surface area contributed by atoms with Crippen LogP contribution in [-0.4, -0.2) is 0 Å². The minimum absolute atomic E-state index is 0.943. The van der Waals surface area contributed by atoms with Gasteiger partial charge in [0.15, 0.2) is 0 Å². The third-order valence-corrected chi connectivity index (χ3v) is 5.53. The van der Waals surface area contributed by atoms with Crippen molar-refractivity contribution in [1.29, 1.82) is 0 Å². The Labute approximate surface area is 177 Å². The molecule has 1 aliphatic carbocycles. The summed E-state index contributed by atoms with van der Waals surface area (Å²) in [7, 11) is 0. The maximum atomic E-state index is 4.00. The molecule has 0 bridgehead atoms. The van der Waals surface area contributed by atoms with E-state index in [1.54, 1.807) is 0 Å². The molecule has 1 saturated carbocycles. The molecule has 0 heteroatoms. The van der Waals surface area contributed by atoms with E-state index in [1.165, 1.54) is 64.3 Å². The highest BCUT2D eigenvalue weighted by Gasteiger charge is 2.21. The van der Waals surface area contributed by atoms with Gasteiger partial charge in [0, 0.05) is 0 Å². The SMILES string of the molecule is C=C/C(=C\C)c1cc(CCC2CC2)c2c(-c3ccccc3)cccc2c1.CCC. The molecule has 3 aromatic rings. The first-order chi connectivity index (χ1) is 14.2. The van der Waals surface area contributed by atoms with Gasteiger partial charge in [0.05, 0.1) is 0 Å². The van der Waals surface area contributed by atoms with Crippen molar-refractivity contribution in [3.05, 3.63) is 90.5 Å². The van der Waals surface area contributed by atoms with Gasteiger partial charge in [0.2, 0.25) is 0 Å². The molecule has 0 saturated heterocycles. The Hall–Kier alpha value is -2.60. The molecular formula is C29H34. The van der Waals surface area contributed by atoms with E-state index in [1.807, 2.05) is 6.08 Å². The summed E-state index contributed by atoms with van der Waals surface area (Å²) in [5.74, 6) is 0.943. The lowest BCUT2D eigenvalue weighted by molar-refractivity contribution is 0.729. The first-order valence-electron chi connectivity index (χ1n) is 11.1. The monoisotopic (exact) mass is 382 g/mol. The molecule has 1 aliphatic rings. The Morgan fingerprint density at radius 2 is 1.72 bits per heavy atom. The van der Waals surface area contributed by atoms with Crippen molar-refractivity contribution in [1.82, 2.24) is 0 Å². The van der Waals surface area contributed by atoms with Crippen LogP contribution in [0.2, 0.25) is 0 Å². The zero-order valence-electron chi connectivity index (χ0n) is 18.2. The van der Waals surface area contributed by atoms with E-state index in [-0.39, 0.29) is 0 Å². The normalized spacial score (nSPS) is 13.7. The highest BCUT2D eigenvalue weighted by Crippen LogP contribution is 2.38. The number of allylic oxidation sites excluding steroid dienone is 3. The second kappa shape index (κ2) is 10.3. The Balaban J connectivity index is 0.000000755. The molecule has 150 valence electrons. The average Bonchev–Trinajstić information content (AvgIpc) is 3.58. The van der Waals surface area contributed by atoms with Crippen LogP contribution >= 0.6 is 0 Å². The topological polar surface area (TPSA) is 0 Å². The van der Waals surface area contributed by atoms with E-state index in [0.29, 0.717) is 0 Å². The van der Waals surface area contributed by atoms with Gasteiger partial charge in [-0.1, -0.05) is 106 Å². The molecular weight excluding hydrogens is 348 g/mol. The lowest BCUT2D eigenvalue weighted by Crippen LogP contribution is -1.95. The van der Waals surface area contributed by atoms with Gasteiger partial charge < -0.3 is 0 Å². The van der Waals surface area contributed by atoms with Crippen LogP contribution in [0, 0.1) is 5.92 Å². The third-order valence-electron chi connectivity index (χ3n) is 5.53. The van der Waals surface area contributed by atoms with Crippen molar-refractivity contribution in [3.63, 3.8) is 0 Å². The van der Waals surface area contributed by atoms with E-state index in [9.17, 15) is 0 Å². The van der Waals surface area contributed by atoms with Crippen LogP contribution < -0.4 is 0 Å². The molecule has 0 aliphatic heterocycles. The van der Waals surface area contributed by atoms with E-state index in [2.05, 4.69) is 94.1 Å². The van der Waals surface area contributed by atoms with Crippen LogP contribution in [0.5, 0.6) is 0 Å². The summed E-state index contributed by atoms with van der Waals surface area (Å²) in [5, 5.41) is 2.75. The molecule has 0 radical (unpaired) electrons. The van der Waals surface area contributed by atoms with Crippen LogP contribution in [0.4, 0.5) is 0 Å². The van der Waals surface area contributed by atoms with Crippen molar-refractivity contribution in [2.45, 2.75) is 52.9 Å². The van der Waals surface area contributed by atoms with Crippen LogP contribution in [0.3, 0.4) is 0 Å². The van der Waals surface area contributed by atoms with Crippen molar-refractivity contribution < 1.29 is 0 Å². The van der Waals surface area contributed by atoms with Gasteiger partial charge in [-0.3, -0.25) is 0 Å². The molecule has 0 nitrogen and oxygen atoms in total. The fourth-order valence-electron chi connectivity index (χ4n) is 3.91. The van der Waals surface area contributed by atoms with E-state index in [4.69, 9.17) is 0 Å².